The van der Waals surface area contributed by atoms with E-state index in [2.05, 4.69) is 5.10 Å². The highest BCUT2D eigenvalue weighted by Gasteiger charge is 2.39. The molecule has 1 heterocycles. The highest BCUT2D eigenvalue weighted by Crippen LogP contribution is 2.31. The maximum absolute atomic E-state index is 12.3. The van der Waals surface area contributed by atoms with Gasteiger partial charge in [-0.25, -0.2) is 9.48 Å². The van der Waals surface area contributed by atoms with Gasteiger partial charge >= 0.3 is 12.1 Å². The van der Waals surface area contributed by atoms with Crippen LogP contribution in [0.15, 0.2) is 6.20 Å². The van der Waals surface area contributed by atoms with Crippen molar-refractivity contribution in [1.82, 2.24) is 9.78 Å². The van der Waals surface area contributed by atoms with Gasteiger partial charge in [-0.2, -0.15) is 18.3 Å². The number of carboxylic acid groups (broad SMARTS) is 1. The molecule has 0 aliphatic carbocycles. The molecule has 1 aromatic rings. The Kier molecular flexibility index (Phi) is 2.61. The summed E-state index contributed by atoms with van der Waals surface area (Å²) in [4.78, 5) is 10.5. The quantitative estimate of drug-likeness (QED) is 0.791. The molecule has 8 heteroatoms. The Labute approximate surface area is 82.3 Å². The molecule has 1 rings (SSSR count). The minimum atomic E-state index is -4.52. The Hall–Kier alpha value is -1.73. The lowest BCUT2D eigenvalue weighted by Gasteiger charge is -2.17. The van der Waals surface area contributed by atoms with Crippen LogP contribution in [0.4, 0.5) is 19.0 Å². The van der Waals surface area contributed by atoms with Gasteiger partial charge in [0, 0.05) is 0 Å². The molecule has 0 aromatic carbocycles. The van der Waals surface area contributed by atoms with Crippen molar-refractivity contribution in [3.63, 3.8) is 0 Å². The largest absolute Gasteiger partial charge is 0.477 e. The predicted molar refractivity (Wildman–Crippen MR) is 44.4 cm³/mol. The van der Waals surface area contributed by atoms with Gasteiger partial charge in [0.05, 0.1) is 6.20 Å². The fourth-order valence-corrected chi connectivity index (χ4v) is 0.984. The lowest BCUT2D eigenvalue weighted by molar-refractivity contribution is -0.164. The van der Waals surface area contributed by atoms with Crippen LogP contribution in [-0.4, -0.2) is 27.0 Å². The summed E-state index contributed by atoms with van der Waals surface area (Å²) in [5.41, 5.74) is 4.78. The third kappa shape index (κ3) is 2.03. The monoisotopic (exact) mass is 223 g/mol. The van der Waals surface area contributed by atoms with E-state index in [1.807, 2.05) is 0 Å². The van der Waals surface area contributed by atoms with Crippen LogP contribution in [0.1, 0.15) is 23.3 Å². The van der Waals surface area contributed by atoms with Crippen LogP contribution in [0.5, 0.6) is 0 Å². The molecular formula is C7H8F3N3O2. The number of carboxylic acids is 1. The maximum atomic E-state index is 12.3. The van der Waals surface area contributed by atoms with Gasteiger partial charge < -0.3 is 10.8 Å². The van der Waals surface area contributed by atoms with Gasteiger partial charge in [-0.15, -0.1) is 0 Å². The van der Waals surface area contributed by atoms with E-state index in [1.54, 1.807) is 0 Å². The number of aromatic nitrogens is 2. The zero-order valence-electron chi connectivity index (χ0n) is 7.62. The van der Waals surface area contributed by atoms with Crippen molar-refractivity contribution < 1.29 is 23.1 Å². The standard InChI is InChI=1S/C7H8F3N3O2/c1-3(7(8,9)10)13-5(11)4(2-12-13)6(14)15/h2-3H,11H2,1H3,(H,14,15). The summed E-state index contributed by atoms with van der Waals surface area (Å²) in [5, 5.41) is 11.8. The number of carbonyl (C=O) groups is 1. The summed E-state index contributed by atoms with van der Waals surface area (Å²) in [6.07, 6.45) is -3.73. The van der Waals surface area contributed by atoms with Crippen LogP contribution in [-0.2, 0) is 0 Å². The van der Waals surface area contributed by atoms with Crippen LogP contribution in [0.2, 0.25) is 0 Å². The highest BCUT2D eigenvalue weighted by atomic mass is 19.4. The molecule has 1 atom stereocenters. The molecule has 0 amide bonds. The fourth-order valence-electron chi connectivity index (χ4n) is 0.984. The van der Waals surface area contributed by atoms with Crippen molar-refractivity contribution >= 4 is 11.8 Å². The molecule has 15 heavy (non-hydrogen) atoms. The Morgan fingerprint density at radius 2 is 2.20 bits per heavy atom. The van der Waals surface area contributed by atoms with Crippen molar-refractivity contribution in [2.75, 3.05) is 5.73 Å². The summed E-state index contributed by atoms with van der Waals surface area (Å²) in [7, 11) is 0. The number of nitrogens with two attached hydrogens (primary N) is 1. The normalized spacial score (nSPS) is 13.9. The molecule has 0 radical (unpaired) electrons. The zero-order chi connectivity index (χ0) is 11.8. The van der Waals surface area contributed by atoms with E-state index in [0.717, 1.165) is 13.1 Å². The summed E-state index contributed by atoms with van der Waals surface area (Å²) in [6, 6.07) is -1.95. The first-order valence-corrected chi connectivity index (χ1v) is 3.88. The van der Waals surface area contributed by atoms with Crippen LogP contribution < -0.4 is 5.73 Å². The smallest absolute Gasteiger partial charge is 0.410 e. The van der Waals surface area contributed by atoms with Gasteiger partial charge in [0.25, 0.3) is 0 Å². The highest BCUT2D eigenvalue weighted by molar-refractivity contribution is 5.92. The summed E-state index contributed by atoms with van der Waals surface area (Å²) >= 11 is 0. The van der Waals surface area contributed by atoms with Gasteiger partial charge in [0.2, 0.25) is 0 Å². The van der Waals surface area contributed by atoms with E-state index < -0.39 is 29.6 Å². The van der Waals surface area contributed by atoms with Crippen LogP contribution in [0, 0.1) is 0 Å². The average molecular weight is 223 g/mol. The summed E-state index contributed by atoms with van der Waals surface area (Å²) < 4.78 is 37.2. The van der Waals surface area contributed by atoms with E-state index in [9.17, 15) is 18.0 Å². The maximum Gasteiger partial charge on any atom is 0.410 e. The number of nitrogen functional groups attached to an aromatic ring is 1. The Balaban J connectivity index is 3.12. The number of aromatic carboxylic acids is 1. The first-order chi connectivity index (χ1) is 6.75. The molecular weight excluding hydrogens is 215 g/mol. The molecule has 0 aliphatic heterocycles. The van der Waals surface area contributed by atoms with Crippen LogP contribution in [0.3, 0.4) is 0 Å². The second-order valence-electron chi connectivity index (χ2n) is 2.91. The Bertz CT molecular complexity index is 385. The van der Waals surface area contributed by atoms with E-state index in [4.69, 9.17) is 10.8 Å². The van der Waals surface area contributed by atoms with E-state index in [1.165, 1.54) is 0 Å². The molecule has 0 saturated carbocycles. The lowest BCUT2D eigenvalue weighted by Crippen LogP contribution is -2.26. The molecule has 1 unspecified atom stereocenters. The van der Waals surface area contributed by atoms with E-state index in [-0.39, 0.29) is 0 Å². The number of hydrogen-bond acceptors (Lipinski definition) is 3. The van der Waals surface area contributed by atoms with Crippen molar-refractivity contribution in [2.45, 2.75) is 19.1 Å². The van der Waals surface area contributed by atoms with Crippen LogP contribution >= 0.6 is 0 Å². The molecule has 84 valence electrons. The van der Waals surface area contributed by atoms with Crippen molar-refractivity contribution in [3.05, 3.63) is 11.8 Å². The first kappa shape index (κ1) is 11.3. The number of nitrogens with zero attached hydrogens (tertiary/aromatic N) is 2. The second-order valence-corrected chi connectivity index (χ2v) is 2.91. The molecule has 1 aromatic heterocycles. The van der Waals surface area contributed by atoms with Gasteiger partial charge in [-0.1, -0.05) is 0 Å². The fraction of sp³-hybridized carbons (Fsp3) is 0.429. The van der Waals surface area contributed by atoms with Crippen molar-refractivity contribution in [1.29, 1.82) is 0 Å². The minimum absolute atomic E-state index is 0.434. The number of anilines is 1. The van der Waals surface area contributed by atoms with Gasteiger partial charge in [0.1, 0.15) is 17.4 Å². The number of alkyl halides is 3. The molecule has 0 aliphatic rings. The molecule has 0 fully saturated rings. The minimum Gasteiger partial charge on any atom is -0.477 e. The number of halogens is 3. The van der Waals surface area contributed by atoms with E-state index >= 15 is 0 Å². The Morgan fingerprint density at radius 1 is 1.67 bits per heavy atom. The zero-order valence-corrected chi connectivity index (χ0v) is 7.62. The molecule has 0 saturated heterocycles. The number of rotatable bonds is 2. The van der Waals surface area contributed by atoms with Crippen molar-refractivity contribution in [2.24, 2.45) is 0 Å². The molecule has 0 bridgehead atoms. The van der Waals surface area contributed by atoms with Crippen molar-refractivity contribution in [3.8, 4) is 0 Å². The topological polar surface area (TPSA) is 81.1 Å². The Morgan fingerprint density at radius 3 is 2.53 bits per heavy atom. The number of hydrogen-bond donors (Lipinski definition) is 2. The average Bonchev–Trinajstić information content (AvgIpc) is 2.44. The third-order valence-electron chi connectivity index (χ3n) is 1.90. The second kappa shape index (κ2) is 3.44. The lowest BCUT2D eigenvalue weighted by atomic mass is 10.3. The summed E-state index contributed by atoms with van der Waals surface area (Å²) in [5.74, 6) is -1.92. The predicted octanol–water partition coefficient (Wildman–Crippen LogP) is 1.29. The SMILES string of the molecule is CC(n1ncc(C(=O)O)c1N)C(F)(F)F. The van der Waals surface area contributed by atoms with Gasteiger partial charge in [-0.3, -0.25) is 0 Å². The third-order valence-corrected chi connectivity index (χ3v) is 1.90. The van der Waals surface area contributed by atoms with E-state index in [0.29, 0.717) is 4.68 Å². The molecule has 3 N–H and O–H groups in total. The first-order valence-electron chi connectivity index (χ1n) is 3.88. The van der Waals surface area contributed by atoms with Crippen LogP contribution in [0.25, 0.3) is 0 Å². The summed E-state index contributed by atoms with van der Waals surface area (Å²) in [6.45, 7) is 0.842. The molecule has 0 spiro atoms. The van der Waals surface area contributed by atoms with Gasteiger partial charge in [0.15, 0.2) is 0 Å². The van der Waals surface area contributed by atoms with Gasteiger partial charge in [-0.05, 0) is 6.92 Å². The molecule has 5 nitrogen and oxygen atoms in total.